The second kappa shape index (κ2) is 13.9. The van der Waals surface area contributed by atoms with E-state index in [0.717, 1.165) is 62.3 Å². The highest BCUT2D eigenvalue weighted by molar-refractivity contribution is 7.25. The monoisotopic (exact) mass is 804 g/mol. The highest BCUT2D eigenvalue weighted by Gasteiger charge is 2.38. The number of fused-ring (bicyclic) bond motifs is 7. The zero-order valence-electron chi connectivity index (χ0n) is 33.8. The van der Waals surface area contributed by atoms with Gasteiger partial charge in [-0.3, -0.25) is 9.47 Å². The first kappa shape index (κ1) is 35.6. The lowest BCUT2D eigenvalue weighted by Gasteiger charge is -2.28. The lowest BCUT2D eigenvalue weighted by molar-refractivity contribution is 0.174. The standard InChI is InChI=1S/C56H40N2O2S/c1-56(2)47-24-11-9-22-45(47)54-46(44-23-14-25-50-55(44)60-35-59-50)32-38(33-48(54)56)36-15-13-20-41(31-36)57(39-16-5-3-6-17-39)53-30-29-49(58(53)40-18-7-4-8-19-40)37-27-28-43-42-21-10-12-26-51(42)61-52(43)34-37/h3-34H,35H2,1-2H3. The van der Waals surface area contributed by atoms with Crippen LogP contribution in [0.4, 0.5) is 17.2 Å². The second-order valence-electron chi connectivity index (χ2n) is 16.4. The minimum absolute atomic E-state index is 0.203. The molecular weight excluding hydrogens is 765 g/mol. The summed E-state index contributed by atoms with van der Waals surface area (Å²) < 4.78 is 17.1. The van der Waals surface area contributed by atoms with E-state index in [1.54, 1.807) is 0 Å². The molecule has 292 valence electrons. The molecule has 0 saturated heterocycles. The molecule has 0 amide bonds. The van der Waals surface area contributed by atoms with Crippen LogP contribution in [0.5, 0.6) is 11.5 Å². The number of hydrogen-bond donors (Lipinski definition) is 0. The molecule has 0 N–H and O–H groups in total. The van der Waals surface area contributed by atoms with E-state index in [4.69, 9.17) is 9.47 Å². The summed E-state index contributed by atoms with van der Waals surface area (Å²) in [4.78, 5) is 2.39. The maximum atomic E-state index is 6.16. The van der Waals surface area contributed by atoms with Crippen LogP contribution in [0, 0.1) is 0 Å². The summed E-state index contributed by atoms with van der Waals surface area (Å²) in [5, 5.41) is 2.60. The smallest absolute Gasteiger partial charge is 0.231 e. The SMILES string of the molecule is CC1(C)c2ccccc2-c2c(-c3cccc4c3OCO4)cc(-c3cccc(N(c4ccccc4)c4ccc(-c5ccc6c(c5)sc5ccccc56)n4-c4ccccc4)c3)cc21. The summed E-state index contributed by atoms with van der Waals surface area (Å²) in [6.45, 7) is 4.92. The average Bonchev–Trinajstić information content (AvgIpc) is 4.10. The highest BCUT2D eigenvalue weighted by atomic mass is 32.1. The van der Waals surface area contributed by atoms with Gasteiger partial charge in [0.25, 0.3) is 0 Å². The third-order valence-electron chi connectivity index (χ3n) is 12.6. The van der Waals surface area contributed by atoms with Crippen molar-refractivity contribution in [1.82, 2.24) is 4.57 Å². The molecule has 0 radical (unpaired) electrons. The van der Waals surface area contributed by atoms with Crippen molar-refractivity contribution < 1.29 is 9.47 Å². The number of ether oxygens (including phenoxy) is 2. The lowest BCUT2D eigenvalue weighted by Crippen LogP contribution is -2.15. The number of benzene rings is 8. The fraction of sp³-hybridized carbons (Fsp3) is 0.0714. The maximum Gasteiger partial charge on any atom is 0.231 e. The molecule has 0 atom stereocenters. The molecule has 4 nitrogen and oxygen atoms in total. The van der Waals surface area contributed by atoms with Gasteiger partial charge in [0.05, 0.1) is 5.69 Å². The van der Waals surface area contributed by atoms with E-state index >= 15 is 0 Å². The van der Waals surface area contributed by atoms with Gasteiger partial charge in [-0.15, -0.1) is 11.3 Å². The molecule has 12 rings (SSSR count). The number of nitrogens with zero attached hydrogens (tertiary/aromatic N) is 2. The van der Waals surface area contributed by atoms with Crippen LogP contribution < -0.4 is 14.4 Å². The van der Waals surface area contributed by atoms with Gasteiger partial charge in [-0.1, -0.05) is 129 Å². The van der Waals surface area contributed by atoms with Crippen molar-refractivity contribution in [3.05, 3.63) is 205 Å². The number of thiophene rings is 1. The van der Waals surface area contributed by atoms with E-state index in [1.165, 1.54) is 48.0 Å². The summed E-state index contributed by atoms with van der Waals surface area (Å²) in [5.74, 6) is 2.63. The Hall–Kier alpha value is -7.34. The molecule has 1 aliphatic carbocycles. The van der Waals surface area contributed by atoms with Crippen molar-refractivity contribution in [2.75, 3.05) is 11.7 Å². The summed E-state index contributed by atoms with van der Waals surface area (Å²) in [7, 11) is 0. The Morgan fingerprint density at radius 3 is 2.13 bits per heavy atom. The minimum Gasteiger partial charge on any atom is -0.454 e. The number of hydrogen-bond acceptors (Lipinski definition) is 4. The summed E-state index contributed by atoms with van der Waals surface area (Å²) in [5.41, 5.74) is 15.0. The van der Waals surface area contributed by atoms with Crippen LogP contribution in [0.25, 0.3) is 70.5 Å². The average molecular weight is 805 g/mol. The molecule has 2 aliphatic rings. The van der Waals surface area contributed by atoms with Crippen molar-refractivity contribution in [3.63, 3.8) is 0 Å². The third kappa shape index (κ3) is 5.65. The molecule has 0 bridgehead atoms. The third-order valence-corrected chi connectivity index (χ3v) is 13.7. The van der Waals surface area contributed by atoms with Gasteiger partial charge in [0.2, 0.25) is 6.79 Å². The zero-order chi connectivity index (χ0) is 40.7. The van der Waals surface area contributed by atoms with Crippen LogP contribution in [-0.2, 0) is 5.41 Å². The molecule has 1 aliphatic heterocycles. The lowest BCUT2D eigenvalue weighted by atomic mass is 9.80. The molecule has 10 aromatic rings. The number of aromatic nitrogens is 1. The largest absolute Gasteiger partial charge is 0.454 e. The fourth-order valence-electron chi connectivity index (χ4n) is 9.71. The zero-order valence-corrected chi connectivity index (χ0v) is 34.6. The highest BCUT2D eigenvalue weighted by Crippen LogP contribution is 2.56. The Morgan fingerprint density at radius 2 is 1.25 bits per heavy atom. The molecule has 0 unspecified atom stereocenters. The Bertz CT molecular complexity index is 3330. The van der Waals surface area contributed by atoms with Gasteiger partial charge in [-0.25, -0.2) is 0 Å². The van der Waals surface area contributed by atoms with Crippen LogP contribution in [0.2, 0.25) is 0 Å². The molecule has 0 spiro atoms. The van der Waals surface area contributed by atoms with Gasteiger partial charge in [0.15, 0.2) is 11.5 Å². The number of para-hydroxylation sites is 3. The topological polar surface area (TPSA) is 26.6 Å². The molecule has 2 aromatic heterocycles. The number of rotatable bonds is 7. The number of anilines is 3. The minimum atomic E-state index is -0.203. The van der Waals surface area contributed by atoms with E-state index in [2.05, 4.69) is 211 Å². The van der Waals surface area contributed by atoms with Crippen LogP contribution in [0.1, 0.15) is 25.0 Å². The van der Waals surface area contributed by atoms with Gasteiger partial charge in [0.1, 0.15) is 5.82 Å². The quantitative estimate of drug-likeness (QED) is 0.161. The van der Waals surface area contributed by atoms with Crippen LogP contribution in [0.15, 0.2) is 194 Å². The predicted molar refractivity (Wildman–Crippen MR) is 253 cm³/mol. The van der Waals surface area contributed by atoms with Gasteiger partial charge in [-0.2, -0.15) is 0 Å². The normalized spacial score (nSPS) is 13.4. The molecule has 0 saturated carbocycles. The van der Waals surface area contributed by atoms with E-state index < -0.39 is 0 Å². The molecular formula is C56H40N2O2S. The van der Waals surface area contributed by atoms with Crippen molar-refractivity contribution in [2.45, 2.75) is 19.3 Å². The van der Waals surface area contributed by atoms with Crippen molar-refractivity contribution in [2.24, 2.45) is 0 Å². The van der Waals surface area contributed by atoms with Crippen molar-refractivity contribution >= 4 is 48.7 Å². The maximum absolute atomic E-state index is 6.16. The first-order valence-corrected chi connectivity index (χ1v) is 21.6. The van der Waals surface area contributed by atoms with Crippen LogP contribution in [0.3, 0.4) is 0 Å². The Morgan fingerprint density at radius 1 is 0.508 bits per heavy atom. The first-order valence-electron chi connectivity index (χ1n) is 20.8. The Balaban J connectivity index is 1.05. The van der Waals surface area contributed by atoms with Crippen LogP contribution in [-0.4, -0.2) is 11.4 Å². The molecule has 0 fully saturated rings. The Kier molecular flexibility index (Phi) is 8.09. The molecule has 61 heavy (non-hydrogen) atoms. The van der Waals surface area contributed by atoms with Gasteiger partial charge < -0.3 is 9.47 Å². The molecule has 5 heteroatoms. The molecule has 3 heterocycles. The Labute approximate surface area is 359 Å². The van der Waals surface area contributed by atoms with Crippen LogP contribution >= 0.6 is 11.3 Å². The second-order valence-corrected chi connectivity index (χ2v) is 17.5. The van der Waals surface area contributed by atoms with E-state index in [1.807, 2.05) is 17.4 Å². The molecule has 8 aromatic carbocycles. The van der Waals surface area contributed by atoms with Gasteiger partial charge in [0, 0.05) is 53.8 Å². The first-order chi connectivity index (χ1) is 30.0. The van der Waals surface area contributed by atoms with E-state index in [0.29, 0.717) is 0 Å². The van der Waals surface area contributed by atoms with Gasteiger partial charge in [-0.05, 0) is 118 Å². The summed E-state index contributed by atoms with van der Waals surface area (Å²) in [6, 6.07) is 70.5. The van der Waals surface area contributed by atoms with E-state index in [9.17, 15) is 0 Å². The van der Waals surface area contributed by atoms with Gasteiger partial charge >= 0.3 is 0 Å². The predicted octanol–water partition coefficient (Wildman–Crippen LogP) is 15.4. The summed E-state index contributed by atoms with van der Waals surface area (Å²) >= 11 is 1.85. The fourth-order valence-corrected chi connectivity index (χ4v) is 10.9. The summed E-state index contributed by atoms with van der Waals surface area (Å²) in [6.07, 6.45) is 0. The van der Waals surface area contributed by atoms with E-state index in [-0.39, 0.29) is 12.2 Å². The van der Waals surface area contributed by atoms with Crippen molar-refractivity contribution in [1.29, 1.82) is 0 Å². The van der Waals surface area contributed by atoms with Crippen molar-refractivity contribution in [3.8, 4) is 61.8 Å².